The quantitative estimate of drug-likeness (QED) is 0.173. The van der Waals surface area contributed by atoms with Gasteiger partial charge in [0.25, 0.3) is 0 Å². The molecule has 0 spiro atoms. The lowest BCUT2D eigenvalue weighted by Crippen LogP contribution is -2.16. The van der Waals surface area contributed by atoms with Crippen molar-refractivity contribution in [2.24, 2.45) is 0 Å². The molecular weight excluding hydrogens is 637 g/mol. The summed E-state index contributed by atoms with van der Waals surface area (Å²) in [6.07, 6.45) is 3.72. The van der Waals surface area contributed by atoms with Gasteiger partial charge in [0.2, 0.25) is 0 Å². The van der Waals surface area contributed by atoms with Gasteiger partial charge in [-0.15, -0.1) is 0 Å². The SMILES string of the molecule is CC(C)c1cc(-c2ncc(-c3cc(N(c4ccccn4)c4cccc5ccccc45)cc(C(C)(C)C)c3)nc2-c2ccccc2O)cc(C(C)C)c1. The van der Waals surface area contributed by atoms with Crippen LogP contribution in [-0.4, -0.2) is 20.1 Å². The molecule has 0 fully saturated rings. The summed E-state index contributed by atoms with van der Waals surface area (Å²) < 4.78 is 0. The van der Waals surface area contributed by atoms with Gasteiger partial charge in [-0.1, -0.05) is 109 Å². The molecule has 0 bridgehead atoms. The topological polar surface area (TPSA) is 62.1 Å². The number of benzene rings is 5. The number of aromatic nitrogens is 3. The van der Waals surface area contributed by atoms with Crippen LogP contribution in [0.15, 0.2) is 134 Å². The average Bonchev–Trinajstić information content (AvgIpc) is 3.15. The van der Waals surface area contributed by atoms with E-state index < -0.39 is 0 Å². The minimum Gasteiger partial charge on any atom is -0.507 e. The summed E-state index contributed by atoms with van der Waals surface area (Å²) in [7, 11) is 0. The van der Waals surface area contributed by atoms with Crippen LogP contribution in [0.5, 0.6) is 5.75 Å². The molecule has 260 valence electrons. The van der Waals surface area contributed by atoms with Crippen molar-refractivity contribution in [1.29, 1.82) is 0 Å². The smallest absolute Gasteiger partial charge is 0.137 e. The summed E-state index contributed by atoms with van der Waals surface area (Å²) in [6, 6.07) is 41.7. The third-order valence-corrected chi connectivity index (χ3v) is 9.74. The Balaban J connectivity index is 1.48. The lowest BCUT2D eigenvalue weighted by Gasteiger charge is -2.29. The molecule has 7 aromatic rings. The molecule has 0 saturated heterocycles. The number of anilines is 3. The molecule has 0 aliphatic carbocycles. The van der Waals surface area contributed by atoms with Gasteiger partial charge in [0.15, 0.2) is 0 Å². The molecule has 0 radical (unpaired) electrons. The zero-order valence-corrected chi connectivity index (χ0v) is 31.1. The van der Waals surface area contributed by atoms with E-state index in [2.05, 4.69) is 132 Å². The zero-order chi connectivity index (χ0) is 36.6. The highest BCUT2D eigenvalue weighted by Crippen LogP contribution is 2.43. The van der Waals surface area contributed by atoms with Gasteiger partial charge in [-0.25, -0.2) is 9.97 Å². The first kappa shape index (κ1) is 34.6. The number of para-hydroxylation sites is 1. The van der Waals surface area contributed by atoms with Crippen molar-refractivity contribution < 1.29 is 5.11 Å². The number of phenols is 1. The molecule has 5 heteroatoms. The lowest BCUT2D eigenvalue weighted by atomic mass is 9.85. The van der Waals surface area contributed by atoms with Crippen LogP contribution in [0, 0.1) is 0 Å². The van der Waals surface area contributed by atoms with E-state index in [1.54, 1.807) is 6.07 Å². The maximum atomic E-state index is 11.2. The van der Waals surface area contributed by atoms with Crippen LogP contribution in [0.25, 0.3) is 44.5 Å². The van der Waals surface area contributed by atoms with Crippen molar-refractivity contribution in [2.75, 3.05) is 4.90 Å². The van der Waals surface area contributed by atoms with Crippen molar-refractivity contribution in [3.8, 4) is 39.5 Å². The normalized spacial score (nSPS) is 11.8. The van der Waals surface area contributed by atoms with E-state index in [1.165, 1.54) is 11.1 Å². The Hall–Kier alpha value is -5.81. The van der Waals surface area contributed by atoms with Crippen molar-refractivity contribution in [1.82, 2.24) is 15.0 Å². The zero-order valence-electron chi connectivity index (χ0n) is 31.1. The van der Waals surface area contributed by atoms with Gasteiger partial charge < -0.3 is 5.11 Å². The van der Waals surface area contributed by atoms with Gasteiger partial charge in [-0.2, -0.15) is 0 Å². The second kappa shape index (κ2) is 14.1. The monoisotopic (exact) mass is 682 g/mol. The molecule has 7 rings (SSSR count). The summed E-state index contributed by atoms with van der Waals surface area (Å²) in [5.74, 6) is 1.68. The molecule has 0 unspecified atom stereocenters. The Labute approximate surface area is 307 Å². The first-order valence-corrected chi connectivity index (χ1v) is 18.1. The fraction of sp³-hybridized carbons (Fsp3) is 0.213. The number of nitrogens with zero attached hydrogens (tertiary/aromatic N) is 4. The number of rotatable bonds is 8. The standard InChI is InChI=1S/C47H46N4O/c1-30(2)33-23-34(31(3)4)25-36(24-33)45-46(40-18-10-11-20-43(40)52)50-41(29-49-45)35-26-37(47(5,6)7)28-38(27-35)51(44-21-12-13-22-48-44)42-19-14-16-32-15-8-9-17-39(32)42/h8-31,52H,1-7H3. The lowest BCUT2D eigenvalue weighted by molar-refractivity contribution is 0.477. The Morgan fingerprint density at radius 2 is 1.33 bits per heavy atom. The van der Waals surface area contributed by atoms with Gasteiger partial charge in [0.05, 0.1) is 23.3 Å². The molecule has 5 nitrogen and oxygen atoms in total. The fourth-order valence-electron chi connectivity index (χ4n) is 6.69. The van der Waals surface area contributed by atoms with Crippen LogP contribution in [0.2, 0.25) is 0 Å². The van der Waals surface area contributed by atoms with Crippen LogP contribution in [0.3, 0.4) is 0 Å². The molecule has 52 heavy (non-hydrogen) atoms. The number of fused-ring (bicyclic) bond motifs is 1. The van der Waals surface area contributed by atoms with Gasteiger partial charge in [0, 0.05) is 34.0 Å². The van der Waals surface area contributed by atoms with E-state index >= 15 is 0 Å². The molecule has 0 aliphatic heterocycles. The van der Waals surface area contributed by atoms with E-state index in [1.807, 2.05) is 48.8 Å². The first-order chi connectivity index (χ1) is 25.0. The number of hydrogen-bond acceptors (Lipinski definition) is 5. The highest BCUT2D eigenvalue weighted by molar-refractivity contribution is 5.99. The molecule has 0 amide bonds. The summed E-state index contributed by atoms with van der Waals surface area (Å²) in [5.41, 5.74) is 10.2. The Morgan fingerprint density at radius 1 is 0.635 bits per heavy atom. The van der Waals surface area contributed by atoms with Crippen LogP contribution in [0.4, 0.5) is 17.2 Å². The van der Waals surface area contributed by atoms with Gasteiger partial charge in [-0.3, -0.25) is 9.88 Å². The van der Waals surface area contributed by atoms with Crippen LogP contribution >= 0.6 is 0 Å². The summed E-state index contributed by atoms with van der Waals surface area (Å²) in [6.45, 7) is 15.6. The second-order valence-electron chi connectivity index (χ2n) is 15.2. The molecule has 2 heterocycles. The molecule has 0 aliphatic rings. The molecule has 5 aromatic carbocycles. The highest BCUT2D eigenvalue weighted by Gasteiger charge is 2.24. The van der Waals surface area contributed by atoms with Crippen molar-refractivity contribution in [3.63, 3.8) is 0 Å². The molecule has 0 saturated carbocycles. The van der Waals surface area contributed by atoms with E-state index in [0.717, 1.165) is 56.0 Å². The first-order valence-electron chi connectivity index (χ1n) is 18.1. The van der Waals surface area contributed by atoms with E-state index in [4.69, 9.17) is 15.0 Å². The van der Waals surface area contributed by atoms with Crippen molar-refractivity contribution in [2.45, 2.75) is 65.7 Å². The van der Waals surface area contributed by atoms with Gasteiger partial charge in [0.1, 0.15) is 17.3 Å². The number of aromatic hydroxyl groups is 1. The maximum absolute atomic E-state index is 11.2. The van der Waals surface area contributed by atoms with Crippen LogP contribution in [-0.2, 0) is 5.41 Å². The van der Waals surface area contributed by atoms with E-state index in [-0.39, 0.29) is 11.2 Å². The molecular formula is C47H46N4O. The Morgan fingerprint density at radius 3 is 2.02 bits per heavy atom. The average molecular weight is 683 g/mol. The Bertz CT molecular complexity index is 2340. The summed E-state index contributed by atoms with van der Waals surface area (Å²) in [4.78, 5) is 17.6. The largest absolute Gasteiger partial charge is 0.507 e. The van der Waals surface area contributed by atoms with Gasteiger partial charge in [-0.05, 0) is 100.0 Å². The fourth-order valence-corrected chi connectivity index (χ4v) is 6.69. The second-order valence-corrected chi connectivity index (χ2v) is 15.2. The summed E-state index contributed by atoms with van der Waals surface area (Å²) >= 11 is 0. The van der Waals surface area contributed by atoms with E-state index in [9.17, 15) is 5.11 Å². The van der Waals surface area contributed by atoms with Crippen LogP contribution < -0.4 is 4.90 Å². The molecule has 0 atom stereocenters. The number of phenolic OH excluding ortho intramolecular Hbond substituents is 1. The molecule has 1 N–H and O–H groups in total. The number of pyridine rings is 1. The maximum Gasteiger partial charge on any atom is 0.137 e. The molecule has 2 aromatic heterocycles. The summed E-state index contributed by atoms with van der Waals surface area (Å²) in [5, 5.41) is 13.5. The number of hydrogen-bond donors (Lipinski definition) is 1. The third-order valence-electron chi connectivity index (χ3n) is 9.74. The van der Waals surface area contributed by atoms with Crippen molar-refractivity contribution in [3.05, 3.63) is 150 Å². The third kappa shape index (κ3) is 6.91. The minimum absolute atomic E-state index is 0.167. The predicted molar refractivity (Wildman–Crippen MR) is 217 cm³/mol. The van der Waals surface area contributed by atoms with Crippen molar-refractivity contribution >= 4 is 28.0 Å². The highest BCUT2D eigenvalue weighted by atomic mass is 16.3. The minimum atomic E-state index is -0.169. The Kier molecular flexibility index (Phi) is 9.37. The predicted octanol–water partition coefficient (Wildman–Crippen LogP) is 12.7. The van der Waals surface area contributed by atoms with E-state index in [0.29, 0.717) is 23.1 Å². The van der Waals surface area contributed by atoms with Crippen LogP contribution in [0.1, 0.15) is 77.0 Å². The van der Waals surface area contributed by atoms with Gasteiger partial charge >= 0.3 is 0 Å².